The Balaban J connectivity index is 1.84. The standard InChI is InChI=1S/C23H33N/c1-3-5-7-9-11-20-13-16-22(17-14-20)23-18-15-21(19-24-23)12-10-8-6-4-2/h13-19H,3-12H2,1-2H3. The molecular formula is C23H33N. The van der Waals surface area contributed by atoms with Crippen LogP contribution in [0.25, 0.3) is 11.3 Å². The molecule has 0 fully saturated rings. The summed E-state index contributed by atoms with van der Waals surface area (Å²) in [5.74, 6) is 0. The molecule has 0 amide bonds. The largest absolute Gasteiger partial charge is 0.256 e. The molecular weight excluding hydrogens is 290 g/mol. The van der Waals surface area contributed by atoms with E-state index in [-0.39, 0.29) is 0 Å². The normalized spacial score (nSPS) is 10.9. The van der Waals surface area contributed by atoms with Crippen LogP contribution in [0, 0.1) is 0 Å². The molecule has 1 aromatic heterocycles. The summed E-state index contributed by atoms with van der Waals surface area (Å²) in [7, 11) is 0. The van der Waals surface area contributed by atoms with E-state index in [1.165, 1.54) is 74.5 Å². The van der Waals surface area contributed by atoms with E-state index >= 15 is 0 Å². The van der Waals surface area contributed by atoms with Crippen molar-refractivity contribution in [1.82, 2.24) is 4.98 Å². The van der Waals surface area contributed by atoms with Gasteiger partial charge >= 0.3 is 0 Å². The number of nitrogens with zero attached hydrogens (tertiary/aromatic N) is 1. The van der Waals surface area contributed by atoms with E-state index in [4.69, 9.17) is 0 Å². The molecule has 0 saturated carbocycles. The van der Waals surface area contributed by atoms with Gasteiger partial charge in [0.1, 0.15) is 0 Å². The third-order valence-electron chi connectivity index (χ3n) is 4.71. The van der Waals surface area contributed by atoms with Gasteiger partial charge in [0.15, 0.2) is 0 Å². The van der Waals surface area contributed by atoms with Gasteiger partial charge in [0.05, 0.1) is 5.69 Å². The van der Waals surface area contributed by atoms with Gasteiger partial charge in [-0.3, -0.25) is 4.98 Å². The molecule has 0 aliphatic rings. The number of hydrogen-bond acceptors (Lipinski definition) is 1. The Kier molecular flexibility index (Phi) is 8.59. The van der Waals surface area contributed by atoms with Crippen LogP contribution in [-0.2, 0) is 12.8 Å². The van der Waals surface area contributed by atoms with Crippen LogP contribution in [-0.4, -0.2) is 4.98 Å². The quantitative estimate of drug-likeness (QED) is 0.406. The van der Waals surface area contributed by atoms with Crippen LogP contribution in [0.5, 0.6) is 0 Å². The van der Waals surface area contributed by atoms with Gasteiger partial charge in [-0.25, -0.2) is 0 Å². The van der Waals surface area contributed by atoms with Crippen LogP contribution in [0.4, 0.5) is 0 Å². The van der Waals surface area contributed by atoms with Gasteiger partial charge in [-0.2, -0.15) is 0 Å². The molecule has 0 atom stereocenters. The van der Waals surface area contributed by atoms with E-state index < -0.39 is 0 Å². The summed E-state index contributed by atoms with van der Waals surface area (Å²) in [6.07, 6.45) is 15.0. The van der Waals surface area contributed by atoms with Crippen molar-refractivity contribution in [1.29, 1.82) is 0 Å². The van der Waals surface area contributed by atoms with Gasteiger partial charge in [0.25, 0.3) is 0 Å². The lowest BCUT2D eigenvalue weighted by atomic mass is 10.0. The average Bonchev–Trinajstić information content (AvgIpc) is 2.64. The zero-order chi connectivity index (χ0) is 17.0. The van der Waals surface area contributed by atoms with Gasteiger partial charge < -0.3 is 0 Å². The highest BCUT2D eigenvalue weighted by Gasteiger charge is 2.01. The second-order valence-corrected chi connectivity index (χ2v) is 6.87. The summed E-state index contributed by atoms with van der Waals surface area (Å²) in [5, 5.41) is 0. The molecule has 0 unspecified atom stereocenters. The molecule has 0 N–H and O–H groups in total. The van der Waals surface area contributed by atoms with Crippen molar-refractivity contribution >= 4 is 0 Å². The molecule has 0 spiro atoms. The molecule has 2 rings (SSSR count). The van der Waals surface area contributed by atoms with E-state index in [0.29, 0.717) is 0 Å². The number of aryl methyl sites for hydroxylation is 2. The second-order valence-electron chi connectivity index (χ2n) is 6.87. The molecule has 1 aromatic carbocycles. The second kappa shape index (κ2) is 11.0. The van der Waals surface area contributed by atoms with E-state index in [9.17, 15) is 0 Å². The summed E-state index contributed by atoms with van der Waals surface area (Å²) in [5.41, 5.74) is 5.12. The molecule has 130 valence electrons. The zero-order valence-corrected chi connectivity index (χ0v) is 15.6. The third kappa shape index (κ3) is 6.47. The van der Waals surface area contributed by atoms with Gasteiger partial charge in [-0.15, -0.1) is 0 Å². The molecule has 1 heterocycles. The van der Waals surface area contributed by atoms with Crippen LogP contribution in [0.2, 0.25) is 0 Å². The minimum atomic E-state index is 1.09. The number of unbranched alkanes of at least 4 members (excludes halogenated alkanes) is 6. The molecule has 2 aromatic rings. The minimum absolute atomic E-state index is 1.09. The summed E-state index contributed by atoms with van der Waals surface area (Å²) in [4.78, 5) is 4.66. The predicted octanol–water partition coefficient (Wildman–Crippen LogP) is 6.99. The highest BCUT2D eigenvalue weighted by atomic mass is 14.7. The number of hydrogen-bond donors (Lipinski definition) is 0. The molecule has 0 bridgehead atoms. The molecule has 1 heteroatoms. The highest BCUT2D eigenvalue weighted by Crippen LogP contribution is 2.19. The monoisotopic (exact) mass is 323 g/mol. The fourth-order valence-corrected chi connectivity index (χ4v) is 3.10. The molecule has 0 aliphatic heterocycles. The maximum atomic E-state index is 4.66. The summed E-state index contributed by atoms with van der Waals surface area (Å²) in [6.45, 7) is 4.52. The summed E-state index contributed by atoms with van der Waals surface area (Å²) >= 11 is 0. The Morgan fingerprint density at radius 3 is 1.75 bits per heavy atom. The first-order chi connectivity index (χ1) is 11.8. The van der Waals surface area contributed by atoms with Gasteiger partial charge in [0, 0.05) is 11.8 Å². The van der Waals surface area contributed by atoms with Crippen molar-refractivity contribution in [3.8, 4) is 11.3 Å². The Labute approximate surface area is 148 Å². The predicted molar refractivity (Wildman–Crippen MR) is 105 cm³/mol. The zero-order valence-electron chi connectivity index (χ0n) is 15.6. The van der Waals surface area contributed by atoms with Gasteiger partial charge in [-0.1, -0.05) is 82.7 Å². The maximum Gasteiger partial charge on any atom is 0.0702 e. The lowest BCUT2D eigenvalue weighted by Gasteiger charge is -2.06. The number of aromatic nitrogens is 1. The maximum absolute atomic E-state index is 4.66. The fourth-order valence-electron chi connectivity index (χ4n) is 3.10. The van der Waals surface area contributed by atoms with E-state index in [1.807, 2.05) is 0 Å². The fraction of sp³-hybridized carbons (Fsp3) is 0.522. The van der Waals surface area contributed by atoms with Crippen molar-refractivity contribution in [3.63, 3.8) is 0 Å². The number of rotatable bonds is 11. The van der Waals surface area contributed by atoms with Crippen molar-refractivity contribution in [2.24, 2.45) is 0 Å². The first kappa shape index (κ1) is 18.7. The average molecular weight is 324 g/mol. The lowest BCUT2D eigenvalue weighted by Crippen LogP contribution is -1.90. The van der Waals surface area contributed by atoms with Crippen molar-refractivity contribution < 1.29 is 0 Å². The minimum Gasteiger partial charge on any atom is -0.256 e. The first-order valence-electron chi connectivity index (χ1n) is 9.87. The van der Waals surface area contributed by atoms with Crippen LogP contribution in [0.1, 0.15) is 76.3 Å². The number of pyridine rings is 1. The molecule has 0 saturated heterocycles. The van der Waals surface area contributed by atoms with Gasteiger partial charge in [-0.05, 0) is 42.9 Å². The molecule has 24 heavy (non-hydrogen) atoms. The molecule has 0 aliphatic carbocycles. The smallest absolute Gasteiger partial charge is 0.0702 e. The lowest BCUT2D eigenvalue weighted by molar-refractivity contribution is 0.666. The molecule has 0 radical (unpaired) electrons. The summed E-state index contributed by atoms with van der Waals surface area (Å²) in [6, 6.07) is 13.4. The van der Waals surface area contributed by atoms with E-state index in [0.717, 1.165) is 12.1 Å². The van der Waals surface area contributed by atoms with E-state index in [2.05, 4.69) is 61.4 Å². The van der Waals surface area contributed by atoms with Crippen LogP contribution >= 0.6 is 0 Å². The van der Waals surface area contributed by atoms with Crippen LogP contribution < -0.4 is 0 Å². The SMILES string of the molecule is CCCCCCc1ccc(-c2ccc(CCCCCC)cn2)cc1. The Morgan fingerprint density at radius 2 is 1.21 bits per heavy atom. The van der Waals surface area contributed by atoms with Crippen molar-refractivity contribution in [3.05, 3.63) is 53.7 Å². The molecule has 1 nitrogen and oxygen atoms in total. The van der Waals surface area contributed by atoms with E-state index in [1.54, 1.807) is 0 Å². The van der Waals surface area contributed by atoms with Gasteiger partial charge in [0.2, 0.25) is 0 Å². The Bertz CT molecular complexity index is 500. The Morgan fingerprint density at radius 1 is 0.625 bits per heavy atom. The van der Waals surface area contributed by atoms with Crippen molar-refractivity contribution in [2.75, 3.05) is 0 Å². The summed E-state index contributed by atoms with van der Waals surface area (Å²) < 4.78 is 0. The first-order valence-corrected chi connectivity index (χ1v) is 9.87. The third-order valence-corrected chi connectivity index (χ3v) is 4.71. The highest BCUT2D eigenvalue weighted by molar-refractivity contribution is 5.59. The number of benzene rings is 1. The topological polar surface area (TPSA) is 12.9 Å². The van der Waals surface area contributed by atoms with Crippen molar-refractivity contribution in [2.45, 2.75) is 78.1 Å². The Hall–Kier alpha value is -1.63. The van der Waals surface area contributed by atoms with Crippen LogP contribution in [0.15, 0.2) is 42.6 Å². The van der Waals surface area contributed by atoms with Crippen LogP contribution in [0.3, 0.4) is 0 Å².